The first-order chi connectivity index (χ1) is 14.2. The molecular weight excluding hydrogens is 366 g/mol. The molecule has 3 aromatic rings. The van der Waals surface area contributed by atoms with Gasteiger partial charge in [0.05, 0.1) is 11.9 Å². The minimum absolute atomic E-state index is 0.155. The fourth-order valence-electron chi connectivity index (χ4n) is 4.11. The van der Waals surface area contributed by atoms with E-state index in [1.54, 1.807) is 9.42 Å². The Hall–Kier alpha value is -3.09. The predicted molar refractivity (Wildman–Crippen MR) is 110 cm³/mol. The predicted octanol–water partition coefficient (Wildman–Crippen LogP) is 3.71. The lowest BCUT2D eigenvalue weighted by Crippen LogP contribution is -2.39. The van der Waals surface area contributed by atoms with Crippen molar-refractivity contribution in [3.8, 4) is 0 Å². The quantitative estimate of drug-likeness (QED) is 0.733. The van der Waals surface area contributed by atoms with E-state index in [1.807, 2.05) is 42.6 Å². The Morgan fingerprint density at radius 3 is 2.79 bits per heavy atom. The average Bonchev–Trinajstić information content (AvgIpc) is 3.51. The normalized spacial score (nSPS) is 19.4. The van der Waals surface area contributed by atoms with Crippen LogP contribution in [0.3, 0.4) is 0 Å². The monoisotopic (exact) mass is 391 g/mol. The molecule has 1 aliphatic carbocycles. The number of nitrogens with zero attached hydrogens (tertiary/aromatic N) is 4. The van der Waals surface area contributed by atoms with Crippen LogP contribution in [0.1, 0.15) is 54.3 Å². The molecular formula is C22H25N5O2. The van der Waals surface area contributed by atoms with Crippen LogP contribution in [0, 0.1) is 0 Å². The third-order valence-corrected chi connectivity index (χ3v) is 5.87. The van der Waals surface area contributed by atoms with Gasteiger partial charge in [0, 0.05) is 30.6 Å². The van der Waals surface area contributed by atoms with E-state index in [1.165, 1.54) is 18.4 Å². The molecule has 1 saturated carbocycles. The van der Waals surface area contributed by atoms with Crippen molar-refractivity contribution in [1.82, 2.24) is 19.5 Å². The zero-order chi connectivity index (χ0) is 19.8. The molecule has 29 heavy (non-hydrogen) atoms. The van der Waals surface area contributed by atoms with E-state index in [0.717, 1.165) is 29.7 Å². The van der Waals surface area contributed by atoms with E-state index in [4.69, 9.17) is 15.5 Å². The molecule has 1 unspecified atom stereocenters. The number of nitrogens with two attached hydrogens (primary N) is 1. The maximum Gasteiger partial charge on any atom is 0.410 e. The Labute approximate surface area is 169 Å². The number of benzene rings is 1. The molecule has 2 aliphatic rings. The van der Waals surface area contributed by atoms with Crippen LogP contribution in [0.15, 0.2) is 42.6 Å². The molecule has 3 heterocycles. The largest absolute Gasteiger partial charge is 0.445 e. The third-order valence-electron chi connectivity index (χ3n) is 5.87. The van der Waals surface area contributed by atoms with Crippen molar-refractivity contribution < 1.29 is 9.53 Å². The van der Waals surface area contributed by atoms with Crippen LogP contribution < -0.4 is 5.73 Å². The van der Waals surface area contributed by atoms with Gasteiger partial charge >= 0.3 is 6.09 Å². The summed E-state index contributed by atoms with van der Waals surface area (Å²) < 4.78 is 7.25. The highest BCUT2D eigenvalue weighted by Gasteiger charge is 2.30. The summed E-state index contributed by atoms with van der Waals surface area (Å²) >= 11 is 0. The fraction of sp³-hybridized carbons (Fsp3) is 0.409. The van der Waals surface area contributed by atoms with Gasteiger partial charge in [0.2, 0.25) is 0 Å². The van der Waals surface area contributed by atoms with Crippen LogP contribution in [0.4, 0.5) is 10.6 Å². The van der Waals surface area contributed by atoms with Gasteiger partial charge < -0.3 is 15.4 Å². The Balaban J connectivity index is 1.31. The zero-order valence-corrected chi connectivity index (χ0v) is 16.3. The number of rotatable bonds is 4. The van der Waals surface area contributed by atoms with Crippen LogP contribution >= 0.6 is 0 Å². The van der Waals surface area contributed by atoms with Crippen LogP contribution in [-0.2, 0) is 11.3 Å². The van der Waals surface area contributed by atoms with Crippen LogP contribution in [-0.4, -0.2) is 38.7 Å². The molecule has 1 aliphatic heterocycles. The summed E-state index contributed by atoms with van der Waals surface area (Å²) in [5.74, 6) is 1.31. The Morgan fingerprint density at radius 2 is 2.00 bits per heavy atom. The van der Waals surface area contributed by atoms with Crippen LogP contribution in [0.25, 0.3) is 5.65 Å². The summed E-state index contributed by atoms with van der Waals surface area (Å²) in [4.78, 5) is 19.3. The summed E-state index contributed by atoms with van der Waals surface area (Å²) in [6, 6.07) is 11.6. The molecule has 1 atom stereocenters. The standard InChI is InChI=1S/C22H25N5O2/c23-20-11-19(25-21-18(16-8-9-16)12-24-27(20)21)17-7-4-10-26(13-17)22(28)29-14-15-5-2-1-3-6-15/h1-3,5-6,11-12,16-17H,4,7-10,13-14,23H2. The number of hydrogen-bond acceptors (Lipinski definition) is 5. The van der Waals surface area contributed by atoms with Crippen molar-refractivity contribution in [3.05, 3.63) is 59.4 Å². The van der Waals surface area contributed by atoms with Crippen molar-refractivity contribution in [2.24, 2.45) is 0 Å². The van der Waals surface area contributed by atoms with Crippen molar-refractivity contribution >= 4 is 17.6 Å². The molecule has 7 heteroatoms. The smallest absolute Gasteiger partial charge is 0.410 e. The molecule has 150 valence electrons. The summed E-state index contributed by atoms with van der Waals surface area (Å²) in [5, 5.41) is 4.41. The highest BCUT2D eigenvalue weighted by Crippen LogP contribution is 2.42. The highest BCUT2D eigenvalue weighted by molar-refractivity contribution is 5.68. The van der Waals surface area contributed by atoms with Gasteiger partial charge in [-0.15, -0.1) is 0 Å². The van der Waals surface area contributed by atoms with Gasteiger partial charge in [0.15, 0.2) is 5.65 Å². The number of piperidine rings is 1. The van der Waals surface area contributed by atoms with Crippen molar-refractivity contribution in [2.75, 3.05) is 18.8 Å². The molecule has 2 N–H and O–H groups in total. The summed E-state index contributed by atoms with van der Waals surface area (Å²) in [6.45, 7) is 1.60. The number of hydrogen-bond donors (Lipinski definition) is 1. The van der Waals surface area contributed by atoms with Gasteiger partial charge in [-0.2, -0.15) is 9.61 Å². The van der Waals surface area contributed by atoms with Crippen LogP contribution in [0.5, 0.6) is 0 Å². The third kappa shape index (κ3) is 3.64. The van der Waals surface area contributed by atoms with E-state index < -0.39 is 0 Å². The number of fused-ring (bicyclic) bond motifs is 1. The first kappa shape index (κ1) is 18.0. The topological polar surface area (TPSA) is 85.8 Å². The Kier molecular flexibility index (Phi) is 4.58. The zero-order valence-electron chi connectivity index (χ0n) is 16.3. The van der Waals surface area contributed by atoms with Gasteiger partial charge in [-0.3, -0.25) is 0 Å². The van der Waals surface area contributed by atoms with E-state index in [0.29, 0.717) is 31.4 Å². The maximum atomic E-state index is 12.6. The van der Waals surface area contributed by atoms with Crippen LogP contribution in [0.2, 0.25) is 0 Å². The first-order valence-electron chi connectivity index (χ1n) is 10.3. The number of carbonyl (C=O) groups is 1. The van der Waals surface area contributed by atoms with E-state index in [2.05, 4.69) is 5.10 Å². The molecule has 7 nitrogen and oxygen atoms in total. The molecule has 0 radical (unpaired) electrons. The number of carbonyl (C=O) groups excluding carboxylic acids is 1. The van der Waals surface area contributed by atoms with Crippen molar-refractivity contribution in [1.29, 1.82) is 0 Å². The lowest BCUT2D eigenvalue weighted by Gasteiger charge is -2.32. The number of nitrogen functional groups attached to an aromatic ring is 1. The number of likely N-dealkylation sites (tertiary alicyclic amines) is 1. The van der Waals surface area contributed by atoms with Gasteiger partial charge in [0.25, 0.3) is 0 Å². The second-order valence-corrected chi connectivity index (χ2v) is 8.04. The lowest BCUT2D eigenvalue weighted by atomic mass is 9.94. The highest BCUT2D eigenvalue weighted by atomic mass is 16.6. The van der Waals surface area contributed by atoms with Crippen molar-refractivity contribution in [3.63, 3.8) is 0 Å². The molecule has 2 fully saturated rings. The van der Waals surface area contributed by atoms with Crippen molar-refractivity contribution in [2.45, 2.75) is 44.1 Å². The molecule has 1 saturated heterocycles. The average molecular weight is 391 g/mol. The van der Waals surface area contributed by atoms with Gasteiger partial charge in [-0.1, -0.05) is 30.3 Å². The molecule has 5 rings (SSSR count). The molecule has 0 bridgehead atoms. The van der Waals surface area contributed by atoms with E-state index >= 15 is 0 Å². The SMILES string of the molecule is Nc1cc(C2CCCN(C(=O)OCc3ccccc3)C2)nc2c(C3CC3)cnn12. The maximum absolute atomic E-state index is 12.6. The number of anilines is 1. The molecule has 0 spiro atoms. The van der Waals surface area contributed by atoms with Gasteiger partial charge in [-0.25, -0.2) is 9.78 Å². The summed E-state index contributed by atoms with van der Waals surface area (Å²) in [5.41, 5.74) is 10.2. The number of amides is 1. The second kappa shape index (κ2) is 7.39. The summed E-state index contributed by atoms with van der Waals surface area (Å²) in [6.07, 6.45) is 5.92. The Bertz CT molecular complexity index is 1030. The van der Waals surface area contributed by atoms with Gasteiger partial charge in [0.1, 0.15) is 12.4 Å². The first-order valence-corrected chi connectivity index (χ1v) is 10.3. The Morgan fingerprint density at radius 1 is 1.17 bits per heavy atom. The minimum atomic E-state index is -0.268. The number of ether oxygens (including phenoxy) is 1. The number of aromatic nitrogens is 3. The second-order valence-electron chi connectivity index (χ2n) is 8.04. The minimum Gasteiger partial charge on any atom is -0.445 e. The van der Waals surface area contributed by atoms with Gasteiger partial charge in [-0.05, 0) is 37.2 Å². The molecule has 1 amide bonds. The fourth-order valence-corrected chi connectivity index (χ4v) is 4.11. The van der Waals surface area contributed by atoms with E-state index in [9.17, 15) is 4.79 Å². The summed E-state index contributed by atoms with van der Waals surface area (Å²) in [7, 11) is 0. The lowest BCUT2D eigenvalue weighted by molar-refractivity contribution is 0.0856. The molecule has 2 aromatic heterocycles. The van der Waals surface area contributed by atoms with E-state index in [-0.39, 0.29) is 12.0 Å². The molecule has 1 aromatic carbocycles.